The first-order valence-electron chi connectivity index (χ1n) is 8.36. The fourth-order valence-corrected chi connectivity index (χ4v) is 2.97. The Hall–Kier alpha value is -2.64. The summed E-state index contributed by atoms with van der Waals surface area (Å²) in [6.45, 7) is 5.22. The van der Waals surface area contributed by atoms with Crippen molar-refractivity contribution in [3.63, 3.8) is 0 Å². The topological polar surface area (TPSA) is 113 Å². The van der Waals surface area contributed by atoms with E-state index in [-0.39, 0.29) is 23.6 Å². The Labute approximate surface area is 146 Å². The van der Waals surface area contributed by atoms with E-state index in [1.165, 1.54) is 12.1 Å². The first-order valence-corrected chi connectivity index (χ1v) is 8.36. The molecule has 8 nitrogen and oxygen atoms in total. The summed E-state index contributed by atoms with van der Waals surface area (Å²) < 4.78 is 0. The summed E-state index contributed by atoms with van der Waals surface area (Å²) in [6, 6.07) is 3.27. The maximum absolute atomic E-state index is 12.3. The molecule has 1 amide bonds. The van der Waals surface area contributed by atoms with Crippen LogP contribution in [0.3, 0.4) is 0 Å². The third-order valence-corrected chi connectivity index (χ3v) is 4.19. The Morgan fingerprint density at radius 3 is 2.48 bits per heavy atom. The average molecular weight is 349 g/mol. The van der Waals surface area contributed by atoms with E-state index < -0.39 is 22.8 Å². The molecular weight excluding hydrogens is 326 g/mol. The minimum Gasteiger partial charge on any atom is -0.480 e. The Balaban J connectivity index is 2.23. The fourth-order valence-electron chi connectivity index (χ4n) is 2.97. The summed E-state index contributed by atoms with van der Waals surface area (Å²) in [5.74, 6) is -1.65. The van der Waals surface area contributed by atoms with Crippen molar-refractivity contribution in [3.05, 3.63) is 33.9 Å². The highest BCUT2D eigenvalue weighted by Gasteiger charge is 2.26. The maximum Gasteiger partial charge on any atom is 0.326 e. The second kappa shape index (κ2) is 7.96. The number of carboxylic acid groups (broad SMARTS) is 1. The summed E-state index contributed by atoms with van der Waals surface area (Å²) in [5, 5.41) is 23.0. The highest BCUT2D eigenvalue weighted by molar-refractivity contribution is 5.97. The summed E-state index contributed by atoms with van der Waals surface area (Å²) >= 11 is 0. The molecule has 1 atom stereocenters. The molecule has 1 saturated heterocycles. The predicted molar refractivity (Wildman–Crippen MR) is 92.9 cm³/mol. The number of aliphatic carboxylic acids is 1. The van der Waals surface area contributed by atoms with Gasteiger partial charge in [0.15, 0.2) is 0 Å². The van der Waals surface area contributed by atoms with E-state index in [9.17, 15) is 24.8 Å². The number of carbonyl (C=O) groups is 2. The van der Waals surface area contributed by atoms with Crippen LogP contribution >= 0.6 is 0 Å². The van der Waals surface area contributed by atoms with Crippen molar-refractivity contribution in [1.82, 2.24) is 5.32 Å². The molecule has 8 heteroatoms. The molecule has 136 valence electrons. The Morgan fingerprint density at radius 1 is 1.32 bits per heavy atom. The van der Waals surface area contributed by atoms with Crippen molar-refractivity contribution in [1.29, 1.82) is 0 Å². The maximum atomic E-state index is 12.3. The number of nitro benzene ring substituents is 1. The predicted octanol–water partition coefficient (Wildman–Crippen LogP) is 2.42. The van der Waals surface area contributed by atoms with Gasteiger partial charge < -0.3 is 15.3 Å². The van der Waals surface area contributed by atoms with E-state index in [2.05, 4.69) is 5.32 Å². The van der Waals surface area contributed by atoms with Gasteiger partial charge in [0.05, 0.1) is 4.92 Å². The highest BCUT2D eigenvalue weighted by atomic mass is 16.6. The van der Waals surface area contributed by atoms with E-state index >= 15 is 0 Å². The molecule has 2 N–H and O–H groups in total. The summed E-state index contributed by atoms with van der Waals surface area (Å²) in [7, 11) is 0. The van der Waals surface area contributed by atoms with Crippen LogP contribution in [0.4, 0.5) is 11.4 Å². The molecule has 1 aliphatic rings. The standard InChI is InChI=1S/C17H23N3O5/c1-11(2)9-13(17(22)23)18-16(21)12-5-6-14(15(10-12)20(24)25)19-7-3-4-8-19/h5-6,10-11,13H,3-4,7-9H2,1-2H3,(H,18,21)(H,22,23)/t13-/m0/s1. The zero-order valence-electron chi connectivity index (χ0n) is 14.4. The van der Waals surface area contributed by atoms with Crippen LogP contribution in [-0.4, -0.2) is 41.0 Å². The lowest BCUT2D eigenvalue weighted by atomic mass is 10.0. The van der Waals surface area contributed by atoms with Crippen molar-refractivity contribution < 1.29 is 19.6 Å². The molecule has 0 radical (unpaired) electrons. The minimum atomic E-state index is -1.12. The SMILES string of the molecule is CC(C)C[C@H](NC(=O)c1ccc(N2CCCC2)c([N+](=O)[O-])c1)C(=O)O. The van der Waals surface area contributed by atoms with Gasteiger partial charge in [-0.05, 0) is 37.3 Å². The number of amides is 1. The molecule has 0 unspecified atom stereocenters. The van der Waals surface area contributed by atoms with Gasteiger partial charge in [-0.1, -0.05) is 13.8 Å². The van der Waals surface area contributed by atoms with Gasteiger partial charge in [0.2, 0.25) is 0 Å². The van der Waals surface area contributed by atoms with Crippen molar-refractivity contribution in [2.24, 2.45) is 5.92 Å². The lowest BCUT2D eigenvalue weighted by Crippen LogP contribution is -2.41. The third-order valence-electron chi connectivity index (χ3n) is 4.19. The molecule has 2 rings (SSSR count). The molecule has 1 aliphatic heterocycles. The smallest absolute Gasteiger partial charge is 0.326 e. The van der Waals surface area contributed by atoms with E-state index in [1.54, 1.807) is 6.07 Å². The highest BCUT2D eigenvalue weighted by Crippen LogP contribution is 2.31. The van der Waals surface area contributed by atoms with E-state index in [0.29, 0.717) is 5.69 Å². The van der Waals surface area contributed by atoms with Gasteiger partial charge in [-0.3, -0.25) is 14.9 Å². The molecule has 1 aromatic rings. The number of anilines is 1. The molecular formula is C17H23N3O5. The fraction of sp³-hybridized carbons (Fsp3) is 0.529. The van der Waals surface area contributed by atoms with Crippen molar-refractivity contribution in [2.75, 3.05) is 18.0 Å². The first-order chi connectivity index (χ1) is 11.8. The van der Waals surface area contributed by atoms with Gasteiger partial charge in [-0.15, -0.1) is 0 Å². The van der Waals surface area contributed by atoms with Crippen LogP contribution in [0.15, 0.2) is 18.2 Å². The van der Waals surface area contributed by atoms with Gasteiger partial charge in [-0.2, -0.15) is 0 Å². The van der Waals surface area contributed by atoms with Crippen LogP contribution in [0.5, 0.6) is 0 Å². The van der Waals surface area contributed by atoms with Gasteiger partial charge in [0, 0.05) is 24.7 Å². The van der Waals surface area contributed by atoms with Crippen LogP contribution in [0, 0.1) is 16.0 Å². The summed E-state index contributed by atoms with van der Waals surface area (Å²) in [5.41, 5.74) is 0.450. The number of carbonyl (C=O) groups excluding carboxylic acids is 1. The lowest BCUT2D eigenvalue weighted by molar-refractivity contribution is -0.384. The number of hydrogen-bond donors (Lipinski definition) is 2. The molecule has 0 aliphatic carbocycles. The first kappa shape index (κ1) is 18.7. The molecule has 1 heterocycles. The molecule has 0 bridgehead atoms. The van der Waals surface area contributed by atoms with Gasteiger partial charge in [-0.25, -0.2) is 4.79 Å². The summed E-state index contributed by atoms with van der Waals surface area (Å²) in [6.07, 6.45) is 2.25. The number of nitro groups is 1. The number of nitrogens with one attached hydrogen (secondary N) is 1. The monoisotopic (exact) mass is 349 g/mol. The summed E-state index contributed by atoms with van der Waals surface area (Å²) in [4.78, 5) is 36.4. The quantitative estimate of drug-likeness (QED) is 0.577. The van der Waals surface area contributed by atoms with Crippen molar-refractivity contribution in [2.45, 2.75) is 39.2 Å². The van der Waals surface area contributed by atoms with E-state index in [1.807, 2.05) is 18.7 Å². The second-order valence-corrected chi connectivity index (χ2v) is 6.65. The zero-order chi connectivity index (χ0) is 18.6. The van der Waals surface area contributed by atoms with Crippen LogP contribution in [-0.2, 0) is 4.79 Å². The van der Waals surface area contributed by atoms with Gasteiger partial charge in [0.1, 0.15) is 11.7 Å². The second-order valence-electron chi connectivity index (χ2n) is 6.65. The third kappa shape index (κ3) is 4.68. The molecule has 25 heavy (non-hydrogen) atoms. The van der Waals surface area contributed by atoms with Crippen LogP contribution in [0.25, 0.3) is 0 Å². The zero-order valence-corrected chi connectivity index (χ0v) is 14.4. The number of hydrogen-bond acceptors (Lipinski definition) is 5. The Morgan fingerprint density at radius 2 is 1.96 bits per heavy atom. The molecule has 0 spiro atoms. The van der Waals surface area contributed by atoms with Crippen LogP contribution in [0.1, 0.15) is 43.5 Å². The number of nitrogens with zero attached hydrogens (tertiary/aromatic N) is 2. The largest absolute Gasteiger partial charge is 0.480 e. The molecule has 0 saturated carbocycles. The van der Waals surface area contributed by atoms with E-state index in [0.717, 1.165) is 25.9 Å². The lowest BCUT2D eigenvalue weighted by Gasteiger charge is -2.19. The molecule has 1 aromatic carbocycles. The van der Waals surface area contributed by atoms with Crippen molar-refractivity contribution >= 4 is 23.3 Å². The number of carboxylic acids is 1. The Kier molecular flexibility index (Phi) is 5.95. The van der Waals surface area contributed by atoms with E-state index in [4.69, 9.17) is 0 Å². The molecule has 1 fully saturated rings. The van der Waals surface area contributed by atoms with Gasteiger partial charge in [0.25, 0.3) is 11.6 Å². The average Bonchev–Trinajstić information content (AvgIpc) is 3.07. The van der Waals surface area contributed by atoms with Gasteiger partial charge >= 0.3 is 5.97 Å². The van der Waals surface area contributed by atoms with Crippen LogP contribution < -0.4 is 10.2 Å². The molecule has 0 aromatic heterocycles. The Bertz CT molecular complexity index is 668. The number of rotatable bonds is 7. The normalized spacial score (nSPS) is 15.2. The van der Waals surface area contributed by atoms with Crippen molar-refractivity contribution in [3.8, 4) is 0 Å². The van der Waals surface area contributed by atoms with Crippen LogP contribution in [0.2, 0.25) is 0 Å². The number of benzene rings is 1. The minimum absolute atomic E-state index is 0.0876.